The third kappa shape index (κ3) is 1.58. The number of carbonyl (C=O) groups excluding carboxylic acids is 1. The predicted octanol–water partition coefficient (Wildman–Crippen LogP) is 1.67. The lowest BCUT2D eigenvalue weighted by molar-refractivity contribution is 0.103. The van der Waals surface area contributed by atoms with E-state index in [0.29, 0.717) is 11.3 Å². The zero-order valence-electron chi connectivity index (χ0n) is 9.14. The highest BCUT2D eigenvalue weighted by atomic mass is 16.3. The van der Waals surface area contributed by atoms with E-state index in [4.69, 9.17) is 0 Å². The Kier molecular flexibility index (Phi) is 2.48. The van der Waals surface area contributed by atoms with Crippen LogP contribution in [0.3, 0.4) is 0 Å². The van der Waals surface area contributed by atoms with Gasteiger partial charge in [0.15, 0.2) is 5.78 Å². The van der Waals surface area contributed by atoms with Gasteiger partial charge in [-0.3, -0.25) is 4.79 Å². The van der Waals surface area contributed by atoms with Crippen LogP contribution in [0.25, 0.3) is 0 Å². The van der Waals surface area contributed by atoms with E-state index in [-0.39, 0.29) is 17.2 Å². The van der Waals surface area contributed by atoms with E-state index in [2.05, 4.69) is 5.10 Å². The molecule has 4 heteroatoms. The van der Waals surface area contributed by atoms with E-state index < -0.39 is 0 Å². The minimum absolute atomic E-state index is 0.0913. The van der Waals surface area contributed by atoms with Crippen LogP contribution < -0.4 is 0 Å². The molecule has 0 saturated carbocycles. The fourth-order valence-electron chi connectivity index (χ4n) is 1.65. The van der Waals surface area contributed by atoms with Crippen LogP contribution >= 0.6 is 0 Å². The largest absolute Gasteiger partial charge is 0.493 e. The number of hydrogen-bond donors (Lipinski definition) is 1. The molecule has 0 spiro atoms. The molecule has 0 fully saturated rings. The van der Waals surface area contributed by atoms with Gasteiger partial charge in [-0.2, -0.15) is 5.10 Å². The van der Waals surface area contributed by atoms with Crippen LogP contribution in [0.4, 0.5) is 0 Å². The molecule has 82 valence electrons. The minimum atomic E-state index is -0.205. The lowest BCUT2D eigenvalue weighted by atomic mass is 10.0. The second-order valence-corrected chi connectivity index (χ2v) is 3.60. The first kappa shape index (κ1) is 10.4. The van der Waals surface area contributed by atoms with E-state index >= 15 is 0 Å². The van der Waals surface area contributed by atoms with Gasteiger partial charge in [-0.05, 0) is 6.92 Å². The first-order valence-corrected chi connectivity index (χ1v) is 4.93. The van der Waals surface area contributed by atoms with Crippen molar-refractivity contribution < 1.29 is 9.90 Å². The summed E-state index contributed by atoms with van der Waals surface area (Å²) >= 11 is 0. The zero-order valence-corrected chi connectivity index (χ0v) is 9.14. The average Bonchev–Trinajstić information content (AvgIpc) is 2.54. The van der Waals surface area contributed by atoms with Crippen LogP contribution in [0.1, 0.15) is 21.6 Å². The number of ketones is 1. The van der Waals surface area contributed by atoms with Gasteiger partial charge in [0.25, 0.3) is 0 Å². The fraction of sp³-hybridized carbons (Fsp3) is 0.167. The van der Waals surface area contributed by atoms with Crippen LogP contribution in [-0.2, 0) is 7.05 Å². The highest BCUT2D eigenvalue weighted by molar-refractivity contribution is 6.11. The van der Waals surface area contributed by atoms with Crippen molar-refractivity contribution in [3.8, 4) is 5.88 Å². The summed E-state index contributed by atoms with van der Waals surface area (Å²) in [4.78, 5) is 12.1. The van der Waals surface area contributed by atoms with Gasteiger partial charge in [0.2, 0.25) is 5.88 Å². The quantitative estimate of drug-likeness (QED) is 0.777. The van der Waals surface area contributed by atoms with Crippen molar-refractivity contribution >= 4 is 5.78 Å². The molecule has 0 aliphatic carbocycles. The first-order chi connectivity index (χ1) is 7.61. The molecule has 0 bridgehead atoms. The highest BCUT2D eigenvalue weighted by Crippen LogP contribution is 2.22. The molecule has 2 aromatic rings. The van der Waals surface area contributed by atoms with Crippen molar-refractivity contribution in [2.75, 3.05) is 0 Å². The third-order valence-electron chi connectivity index (χ3n) is 2.45. The number of hydrogen-bond acceptors (Lipinski definition) is 3. The summed E-state index contributed by atoms with van der Waals surface area (Å²) in [6, 6.07) is 8.85. The van der Waals surface area contributed by atoms with Crippen molar-refractivity contribution in [2.24, 2.45) is 7.05 Å². The smallest absolute Gasteiger partial charge is 0.220 e. The molecular formula is C12H12N2O2. The lowest BCUT2D eigenvalue weighted by Gasteiger charge is -2.00. The van der Waals surface area contributed by atoms with Crippen molar-refractivity contribution in [1.29, 1.82) is 0 Å². The summed E-state index contributed by atoms with van der Waals surface area (Å²) < 4.78 is 1.30. The van der Waals surface area contributed by atoms with Crippen molar-refractivity contribution in [1.82, 2.24) is 9.78 Å². The summed E-state index contributed by atoms with van der Waals surface area (Å²) in [5.41, 5.74) is 1.36. The predicted molar refractivity (Wildman–Crippen MR) is 59.5 cm³/mol. The number of aromatic nitrogens is 2. The number of aromatic hydroxyl groups is 1. The molecule has 1 aromatic carbocycles. The zero-order chi connectivity index (χ0) is 11.7. The Morgan fingerprint density at radius 2 is 1.94 bits per heavy atom. The molecule has 1 aromatic heterocycles. The van der Waals surface area contributed by atoms with Crippen LogP contribution in [0.2, 0.25) is 0 Å². The Hall–Kier alpha value is -2.10. The molecule has 1 N–H and O–H groups in total. The van der Waals surface area contributed by atoms with Gasteiger partial charge in [-0.1, -0.05) is 30.3 Å². The van der Waals surface area contributed by atoms with Crippen LogP contribution in [0, 0.1) is 6.92 Å². The Bertz CT molecular complexity index is 529. The monoisotopic (exact) mass is 216 g/mol. The topological polar surface area (TPSA) is 55.1 Å². The maximum atomic E-state index is 12.1. The second kappa shape index (κ2) is 3.81. The van der Waals surface area contributed by atoms with Gasteiger partial charge in [0, 0.05) is 12.6 Å². The van der Waals surface area contributed by atoms with E-state index in [1.165, 1.54) is 4.68 Å². The molecule has 0 radical (unpaired) electrons. The molecule has 1 heterocycles. The number of benzene rings is 1. The normalized spacial score (nSPS) is 10.4. The van der Waals surface area contributed by atoms with E-state index in [1.54, 1.807) is 38.2 Å². The number of rotatable bonds is 2. The molecule has 0 saturated heterocycles. The highest BCUT2D eigenvalue weighted by Gasteiger charge is 2.20. The average molecular weight is 216 g/mol. The van der Waals surface area contributed by atoms with E-state index in [9.17, 15) is 9.90 Å². The summed E-state index contributed by atoms with van der Waals surface area (Å²) in [6.45, 7) is 1.70. The summed E-state index contributed by atoms with van der Waals surface area (Å²) in [6.07, 6.45) is 0. The summed E-state index contributed by atoms with van der Waals surface area (Å²) in [7, 11) is 1.60. The number of carbonyl (C=O) groups is 1. The second-order valence-electron chi connectivity index (χ2n) is 3.60. The van der Waals surface area contributed by atoms with Crippen molar-refractivity contribution in [3.05, 3.63) is 47.2 Å². The Morgan fingerprint density at radius 3 is 2.44 bits per heavy atom. The summed E-state index contributed by atoms with van der Waals surface area (Å²) in [5.74, 6) is -0.296. The van der Waals surface area contributed by atoms with Crippen LogP contribution in [0.15, 0.2) is 30.3 Å². The molecule has 16 heavy (non-hydrogen) atoms. The Morgan fingerprint density at radius 1 is 1.31 bits per heavy atom. The van der Waals surface area contributed by atoms with Gasteiger partial charge >= 0.3 is 0 Å². The molecule has 0 aliphatic rings. The summed E-state index contributed by atoms with van der Waals surface area (Å²) in [5, 5.41) is 13.7. The Balaban J connectivity index is 2.50. The standard InChI is InChI=1S/C12H12N2O2/c1-8-10(12(16)14(2)13-8)11(15)9-6-4-3-5-7-9/h3-7,16H,1-2H3. The SMILES string of the molecule is Cc1nn(C)c(O)c1C(=O)c1ccccc1. The van der Waals surface area contributed by atoms with Crippen LogP contribution in [0.5, 0.6) is 5.88 Å². The first-order valence-electron chi connectivity index (χ1n) is 4.93. The third-order valence-corrected chi connectivity index (χ3v) is 2.45. The van der Waals surface area contributed by atoms with Crippen molar-refractivity contribution in [2.45, 2.75) is 6.92 Å². The molecule has 0 aliphatic heterocycles. The van der Waals surface area contributed by atoms with E-state index in [0.717, 1.165) is 0 Å². The number of nitrogens with zero attached hydrogens (tertiary/aromatic N) is 2. The minimum Gasteiger partial charge on any atom is -0.493 e. The van der Waals surface area contributed by atoms with Gasteiger partial charge in [0.1, 0.15) is 5.56 Å². The van der Waals surface area contributed by atoms with Gasteiger partial charge < -0.3 is 5.11 Å². The van der Waals surface area contributed by atoms with Gasteiger partial charge in [-0.15, -0.1) is 0 Å². The van der Waals surface area contributed by atoms with Gasteiger partial charge in [0.05, 0.1) is 5.69 Å². The van der Waals surface area contributed by atoms with Crippen LogP contribution in [-0.4, -0.2) is 20.7 Å². The maximum absolute atomic E-state index is 12.1. The molecule has 0 atom stereocenters. The molecular weight excluding hydrogens is 204 g/mol. The maximum Gasteiger partial charge on any atom is 0.220 e. The fourth-order valence-corrected chi connectivity index (χ4v) is 1.65. The van der Waals surface area contributed by atoms with Gasteiger partial charge in [-0.25, -0.2) is 4.68 Å². The molecule has 4 nitrogen and oxygen atoms in total. The molecule has 0 unspecified atom stereocenters. The molecule has 0 amide bonds. The lowest BCUT2D eigenvalue weighted by Crippen LogP contribution is -2.02. The molecule has 2 rings (SSSR count). The number of aryl methyl sites for hydroxylation is 2. The Labute approximate surface area is 93.1 Å². The van der Waals surface area contributed by atoms with E-state index in [1.807, 2.05) is 6.07 Å². The van der Waals surface area contributed by atoms with Crippen molar-refractivity contribution in [3.63, 3.8) is 0 Å².